The lowest BCUT2D eigenvalue weighted by molar-refractivity contribution is 1.18. The SMILES string of the molecule is Cc1ncc(-c2ccccc2NCc2cnc(Cl)s2)s1. The summed E-state index contributed by atoms with van der Waals surface area (Å²) in [6.45, 7) is 2.74. The molecule has 0 saturated heterocycles. The van der Waals surface area contributed by atoms with Gasteiger partial charge in [-0.15, -0.1) is 22.7 Å². The Morgan fingerprint density at radius 1 is 1.15 bits per heavy atom. The van der Waals surface area contributed by atoms with Gasteiger partial charge in [0.15, 0.2) is 4.47 Å². The third-order valence-corrected chi connectivity index (χ3v) is 4.85. The van der Waals surface area contributed by atoms with Gasteiger partial charge in [0.1, 0.15) is 0 Å². The molecule has 0 unspecified atom stereocenters. The molecule has 0 bridgehead atoms. The maximum absolute atomic E-state index is 5.85. The van der Waals surface area contributed by atoms with Gasteiger partial charge in [-0.2, -0.15) is 0 Å². The van der Waals surface area contributed by atoms with Crippen molar-refractivity contribution in [3.8, 4) is 10.4 Å². The molecule has 6 heteroatoms. The lowest BCUT2D eigenvalue weighted by atomic mass is 10.1. The van der Waals surface area contributed by atoms with Crippen molar-refractivity contribution in [3.05, 3.63) is 51.0 Å². The second-order valence-corrected chi connectivity index (χ2v) is 7.15. The highest BCUT2D eigenvalue weighted by Crippen LogP contribution is 2.32. The van der Waals surface area contributed by atoms with Crippen molar-refractivity contribution in [2.45, 2.75) is 13.5 Å². The molecule has 0 amide bonds. The van der Waals surface area contributed by atoms with E-state index in [2.05, 4.69) is 27.4 Å². The van der Waals surface area contributed by atoms with Crippen LogP contribution in [0.15, 0.2) is 36.7 Å². The number of nitrogens with zero attached hydrogens (tertiary/aromatic N) is 2. The zero-order chi connectivity index (χ0) is 13.9. The quantitative estimate of drug-likeness (QED) is 0.747. The summed E-state index contributed by atoms with van der Waals surface area (Å²) in [5.74, 6) is 0. The van der Waals surface area contributed by atoms with Crippen molar-refractivity contribution in [1.29, 1.82) is 0 Å². The molecular weight excluding hydrogens is 310 g/mol. The molecule has 3 aromatic rings. The van der Waals surface area contributed by atoms with Gasteiger partial charge in [-0.25, -0.2) is 9.97 Å². The molecule has 1 N–H and O–H groups in total. The topological polar surface area (TPSA) is 37.8 Å². The number of benzene rings is 1. The second-order valence-electron chi connectivity index (χ2n) is 4.22. The molecule has 0 radical (unpaired) electrons. The molecule has 20 heavy (non-hydrogen) atoms. The number of rotatable bonds is 4. The summed E-state index contributed by atoms with van der Waals surface area (Å²) >= 11 is 9.04. The van der Waals surface area contributed by atoms with E-state index in [0.717, 1.165) is 22.1 Å². The van der Waals surface area contributed by atoms with Crippen LogP contribution in [0.4, 0.5) is 5.69 Å². The molecule has 1 aromatic carbocycles. The fraction of sp³-hybridized carbons (Fsp3) is 0.143. The van der Waals surface area contributed by atoms with Crippen LogP contribution in [0.1, 0.15) is 9.88 Å². The monoisotopic (exact) mass is 321 g/mol. The van der Waals surface area contributed by atoms with Crippen molar-refractivity contribution in [1.82, 2.24) is 9.97 Å². The van der Waals surface area contributed by atoms with E-state index >= 15 is 0 Å². The number of thiazole rings is 2. The summed E-state index contributed by atoms with van der Waals surface area (Å²) in [4.78, 5) is 10.7. The third kappa shape index (κ3) is 3.00. The van der Waals surface area contributed by atoms with Crippen LogP contribution in [0, 0.1) is 6.92 Å². The summed E-state index contributed by atoms with van der Waals surface area (Å²) in [6, 6.07) is 8.25. The smallest absolute Gasteiger partial charge is 0.183 e. The number of para-hydroxylation sites is 1. The van der Waals surface area contributed by atoms with Crippen LogP contribution in [0.25, 0.3) is 10.4 Å². The molecule has 2 aromatic heterocycles. The molecule has 102 valence electrons. The highest BCUT2D eigenvalue weighted by molar-refractivity contribution is 7.15. The van der Waals surface area contributed by atoms with Crippen LogP contribution in [0.2, 0.25) is 4.47 Å². The largest absolute Gasteiger partial charge is 0.380 e. The zero-order valence-corrected chi connectivity index (χ0v) is 13.1. The van der Waals surface area contributed by atoms with Crippen molar-refractivity contribution >= 4 is 40.0 Å². The Morgan fingerprint density at radius 2 is 2.00 bits per heavy atom. The second kappa shape index (κ2) is 5.91. The summed E-state index contributed by atoms with van der Waals surface area (Å²) in [5.41, 5.74) is 2.27. The molecule has 0 fully saturated rings. The van der Waals surface area contributed by atoms with Gasteiger partial charge in [-0.05, 0) is 13.0 Å². The van der Waals surface area contributed by atoms with E-state index in [4.69, 9.17) is 11.6 Å². The Balaban J connectivity index is 1.83. The van der Waals surface area contributed by atoms with Crippen LogP contribution >= 0.6 is 34.3 Å². The van der Waals surface area contributed by atoms with Gasteiger partial charge >= 0.3 is 0 Å². The van der Waals surface area contributed by atoms with Gasteiger partial charge in [0, 0.05) is 28.5 Å². The van der Waals surface area contributed by atoms with Gasteiger partial charge in [0.25, 0.3) is 0 Å². The Bertz CT molecular complexity index is 721. The Labute approximate surface area is 130 Å². The van der Waals surface area contributed by atoms with Crippen LogP contribution in [0.5, 0.6) is 0 Å². The van der Waals surface area contributed by atoms with Crippen molar-refractivity contribution < 1.29 is 0 Å². The van der Waals surface area contributed by atoms with Crippen molar-refractivity contribution in [2.75, 3.05) is 5.32 Å². The van der Waals surface area contributed by atoms with Crippen LogP contribution in [-0.2, 0) is 6.54 Å². The van der Waals surface area contributed by atoms with Crippen LogP contribution < -0.4 is 5.32 Å². The predicted molar refractivity (Wildman–Crippen MR) is 86.7 cm³/mol. The number of anilines is 1. The summed E-state index contributed by atoms with van der Waals surface area (Å²) < 4.78 is 0.577. The fourth-order valence-electron chi connectivity index (χ4n) is 1.89. The van der Waals surface area contributed by atoms with E-state index in [1.54, 1.807) is 17.5 Å². The predicted octanol–water partition coefficient (Wildman–Crippen LogP) is 4.84. The number of aromatic nitrogens is 2. The minimum Gasteiger partial charge on any atom is -0.380 e. The van der Waals surface area contributed by atoms with Gasteiger partial charge in [0.2, 0.25) is 0 Å². The number of hydrogen-bond acceptors (Lipinski definition) is 5. The Hall–Kier alpha value is -1.43. The average molecular weight is 322 g/mol. The lowest BCUT2D eigenvalue weighted by Crippen LogP contribution is -1.98. The standard InChI is InChI=1S/C14H12ClN3S2/c1-9-16-8-13(19-9)11-4-2-3-5-12(11)17-6-10-7-18-14(15)20-10/h2-5,7-8,17H,6H2,1H3. The first kappa shape index (κ1) is 13.5. The summed E-state index contributed by atoms with van der Waals surface area (Å²) in [6.07, 6.45) is 3.73. The first-order chi connectivity index (χ1) is 9.72. The lowest BCUT2D eigenvalue weighted by Gasteiger charge is -2.09. The number of hydrogen-bond donors (Lipinski definition) is 1. The molecule has 0 aliphatic carbocycles. The molecule has 2 heterocycles. The fourth-order valence-corrected chi connectivity index (χ4v) is 3.62. The molecule has 3 nitrogen and oxygen atoms in total. The highest BCUT2D eigenvalue weighted by atomic mass is 35.5. The summed E-state index contributed by atoms with van der Waals surface area (Å²) in [7, 11) is 0. The first-order valence-electron chi connectivity index (χ1n) is 6.08. The van der Waals surface area contributed by atoms with Crippen molar-refractivity contribution in [2.24, 2.45) is 0 Å². The van der Waals surface area contributed by atoms with Crippen LogP contribution in [-0.4, -0.2) is 9.97 Å². The third-order valence-electron chi connectivity index (χ3n) is 2.79. The van der Waals surface area contributed by atoms with Crippen molar-refractivity contribution in [3.63, 3.8) is 0 Å². The van der Waals surface area contributed by atoms with E-state index in [1.807, 2.05) is 25.3 Å². The number of halogens is 1. The highest BCUT2D eigenvalue weighted by Gasteiger charge is 2.08. The number of aryl methyl sites for hydroxylation is 1. The van der Waals surface area contributed by atoms with E-state index in [1.165, 1.54) is 21.8 Å². The zero-order valence-electron chi connectivity index (χ0n) is 10.8. The molecule has 0 atom stereocenters. The Kier molecular flexibility index (Phi) is 4.00. The van der Waals surface area contributed by atoms with E-state index in [-0.39, 0.29) is 0 Å². The van der Waals surface area contributed by atoms with Gasteiger partial charge in [0.05, 0.1) is 16.4 Å². The van der Waals surface area contributed by atoms with E-state index in [9.17, 15) is 0 Å². The van der Waals surface area contributed by atoms with Crippen LogP contribution in [0.3, 0.4) is 0 Å². The maximum Gasteiger partial charge on any atom is 0.183 e. The molecule has 0 aliphatic rings. The number of nitrogens with one attached hydrogen (secondary N) is 1. The molecule has 0 saturated carbocycles. The molecule has 0 aliphatic heterocycles. The molecule has 3 rings (SSSR count). The minimum absolute atomic E-state index is 0.577. The molecule has 0 spiro atoms. The van der Waals surface area contributed by atoms with Gasteiger partial charge in [-0.1, -0.05) is 29.8 Å². The summed E-state index contributed by atoms with van der Waals surface area (Å²) in [5, 5.41) is 4.51. The van der Waals surface area contributed by atoms with E-state index in [0.29, 0.717) is 4.47 Å². The Morgan fingerprint density at radius 3 is 2.70 bits per heavy atom. The van der Waals surface area contributed by atoms with Gasteiger partial charge in [-0.3, -0.25) is 0 Å². The van der Waals surface area contributed by atoms with E-state index < -0.39 is 0 Å². The first-order valence-corrected chi connectivity index (χ1v) is 8.09. The average Bonchev–Trinajstić information content (AvgIpc) is 3.06. The normalized spacial score (nSPS) is 10.7. The molecular formula is C14H12ClN3S2. The maximum atomic E-state index is 5.85. The minimum atomic E-state index is 0.577. The van der Waals surface area contributed by atoms with Gasteiger partial charge < -0.3 is 5.32 Å².